The molecule has 0 fully saturated rings. The molecule has 2 heterocycles. The molecule has 3 rings (SSSR count). The smallest absolute Gasteiger partial charge is 0.220 e. The average molecular weight is 353 g/mol. The van der Waals surface area contributed by atoms with E-state index in [-0.39, 0.29) is 5.91 Å². The summed E-state index contributed by atoms with van der Waals surface area (Å²) in [4.78, 5) is 20.9. The Balaban J connectivity index is 1.54. The van der Waals surface area contributed by atoms with Crippen LogP contribution in [0.4, 0.5) is 0 Å². The predicted molar refractivity (Wildman–Crippen MR) is 98.5 cm³/mol. The number of rotatable bonds is 7. The number of amides is 1. The molecule has 3 aromatic rings. The van der Waals surface area contributed by atoms with Gasteiger partial charge >= 0.3 is 0 Å². The second-order valence-electron chi connectivity index (χ2n) is 5.49. The van der Waals surface area contributed by atoms with Crippen LogP contribution >= 0.6 is 11.3 Å². The first-order valence-corrected chi connectivity index (χ1v) is 8.92. The van der Waals surface area contributed by atoms with Gasteiger partial charge in [0.15, 0.2) is 0 Å². The van der Waals surface area contributed by atoms with Gasteiger partial charge in [-0.3, -0.25) is 14.8 Å². The number of aryl methyl sites for hydroxylation is 1. The molecule has 1 aromatic carbocycles. The van der Waals surface area contributed by atoms with Gasteiger partial charge in [0.25, 0.3) is 0 Å². The maximum Gasteiger partial charge on any atom is 0.220 e. The predicted octanol–water partition coefficient (Wildman–Crippen LogP) is 3.46. The summed E-state index contributed by atoms with van der Waals surface area (Å²) >= 11 is 1.61. The van der Waals surface area contributed by atoms with Crippen LogP contribution in [0.1, 0.15) is 17.7 Å². The first-order chi connectivity index (χ1) is 12.3. The van der Waals surface area contributed by atoms with Gasteiger partial charge in [0.2, 0.25) is 5.91 Å². The third-order valence-corrected chi connectivity index (χ3v) is 4.50. The van der Waals surface area contributed by atoms with Gasteiger partial charge in [0, 0.05) is 29.8 Å². The van der Waals surface area contributed by atoms with Crippen molar-refractivity contribution in [1.29, 1.82) is 0 Å². The van der Waals surface area contributed by atoms with E-state index in [0.717, 1.165) is 28.3 Å². The zero-order chi connectivity index (χ0) is 17.5. The summed E-state index contributed by atoms with van der Waals surface area (Å²) in [6, 6.07) is 9.76. The molecular formula is C19H19N3O2S. The van der Waals surface area contributed by atoms with E-state index in [2.05, 4.69) is 15.3 Å². The maximum atomic E-state index is 12.1. The molecule has 0 saturated heterocycles. The highest BCUT2D eigenvalue weighted by atomic mass is 32.1. The molecule has 0 aliphatic carbocycles. The molecule has 0 bridgehead atoms. The number of methoxy groups -OCH3 is 1. The summed E-state index contributed by atoms with van der Waals surface area (Å²) in [6.45, 7) is 0.375. The Kier molecular flexibility index (Phi) is 5.74. The van der Waals surface area contributed by atoms with Crippen molar-refractivity contribution >= 4 is 17.2 Å². The number of thiophene rings is 1. The summed E-state index contributed by atoms with van der Waals surface area (Å²) in [5, 5.41) is 6.96. The van der Waals surface area contributed by atoms with Gasteiger partial charge < -0.3 is 10.1 Å². The molecular weight excluding hydrogens is 334 g/mol. The Morgan fingerprint density at radius 3 is 2.68 bits per heavy atom. The third-order valence-electron chi connectivity index (χ3n) is 3.82. The van der Waals surface area contributed by atoms with Crippen LogP contribution in [-0.2, 0) is 17.8 Å². The standard InChI is InChI=1S/C19H19N3O2S/c1-24-16-5-2-14(3-6-16)4-7-18(23)22-12-17-19(21-10-9-20-17)15-8-11-25-13-15/h2-3,5-6,8-11,13H,4,7,12H2,1H3,(H,22,23). The van der Waals surface area contributed by atoms with Crippen LogP contribution in [0, 0.1) is 0 Å². The lowest BCUT2D eigenvalue weighted by molar-refractivity contribution is -0.121. The van der Waals surface area contributed by atoms with Gasteiger partial charge in [-0.25, -0.2) is 0 Å². The monoisotopic (exact) mass is 353 g/mol. The Bertz CT molecular complexity index is 817. The van der Waals surface area contributed by atoms with E-state index in [9.17, 15) is 4.79 Å². The van der Waals surface area contributed by atoms with Gasteiger partial charge in [-0.15, -0.1) is 0 Å². The number of hydrogen-bond acceptors (Lipinski definition) is 5. The Morgan fingerprint density at radius 2 is 1.96 bits per heavy atom. The summed E-state index contributed by atoms with van der Waals surface area (Å²) < 4.78 is 5.13. The molecule has 0 radical (unpaired) electrons. The molecule has 128 valence electrons. The lowest BCUT2D eigenvalue weighted by atomic mass is 10.1. The molecule has 0 unspecified atom stereocenters. The fourth-order valence-corrected chi connectivity index (χ4v) is 3.10. The van der Waals surface area contributed by atoms with E-state index in [0.29, 0.717) is 19.4 Å². The van der Waals surface area contributed by atoms with Crippen molar-refractivity contribution in [1.82, 2.24) is 15.3 Å². The number of hydrogen-bond donors (Lipinski definition) is 1. The second-order valence-corrected chi connectivity index (χ2v) is 6.27. The quantitative estimate of drug-likeness (QED) is 0.706. The normalized spacial score (nSPS) is 10.4. The minimum Gasteiger partial charge on any atom is -0.497 e. The minimum atomic E-state index is -0.00209. The summed E-state index contributed by atoms with van der Waals surface area (Å²) in [5.41, 5.74) is 3.73. The van der Waals surface area contributed by atoms with Crippen LogP contribution in [0.3, 0.4) is 0 Å². The summed E-state index contributed by atoms with van der Waals surface area (Å²) in [5.74, 6) is 0.814. The SMILES string of the molecule is COc1ccc(CCC(=O)NCc2nccnc2-c2ccsc2)cc1. The Morgan fingerprint density at radius 1 is 1.16 bits per heavy atom. The molecule has 0 aliphatic heterocycles. The molecule has 0 atom stereocenters. The number of benzene rings is 1. The molecule has 1 N–H and O–H groups in total. The van der Waals surface area contributed by atoms with Crippen molar-refractivity contribution in [2.24, 2.45) is 0 Å². The van der Waals surface area contributed by atoms with E-state index < -0.39 is 0 Å². The molecule has 2 aromatic heterocycles. The van der Waals surface area contributed by atoms with Gasteiger partial charge in [-0.2, -0.15) is 11.3 Å². The van der Waals surface area contributed by atoms with Crippen molar-refractivity contribution in [2.75, 3.05) is 7.11 Å². The van der Waals surface area contributed by atoms with Gasteiger partial charge in [0.05, 0.1) is 25.0 Å². The fourth-order valence-electron chi connectivity index (χ4n) is 2.46. The molecule has 0 aliphatic rings. The summed E-state index contributed by atoms with van der Waals surface area (Å²) in [6.07, 6.45) is 4.44. The zero-order valence-corrected chi connectivity index (χ0v) is 14.8. The molecule has 25 heavy (non-hydrogen) atoms. The lowest BCUT2D eigenvalue weighted by Gasteiger charge is -2.08. The van der Waals surface area contributed by atoms with Crippen LogP contribution in [0.2, 0.25) is 0 Å². The number of ether oxygens (including phenoxy) is 1. The highest BCUT2D eigenvalue weighted by Crippen LogP contribution is 2.22. The molecule has 1 amide bonds. The highest BCUT2D eigenvalue weighted by molar-refractivity contribution is 7.08. The number of carbonyl (C=O) groups is 1. The molecule has 6 heteroatoms. The van der Waals surface area contributed by atoms with Gasteiger partial charge in [0.1, 0.15) is 5.75 Å². The highest BCUT2D eigenvalue weighted by Gasteiger charge is 2.10. The fraction of sp³-hybridized carbons (Fsp3) is 0.211. The van der Waals surface area contributed by atoms with Crippen molar-refractivity contribution < 1.29 is 9.53 Å². The van der Waals surface area contributed by atoms with Crippen molar-refractivity contribution in [3.63, 3.8) is 0 Å². The van der Waals surface area contributed by atoms with Crippen molar-refractivity contribution in [3.8, 4) is 17.0 Å². The van der Waals surface area contributed by atoms with E-state index in [1.54, 1.807) is 30.8 Å². The number of nitrogens with one attached hydrogen (secondary N) is 1. The van der Waals surface area contributed by atoms with Gasteiger partial charge in [-0.05, 0) is 35.6 Å². The van der Waals surface area contributed by atoms with Crippen LogP contribution in [0.5, 0.6) is 5.75 Å². The molecule has 0 saturated carbocycles. The number of carbonyl (C=O) groups excluding carboxylic acids is 1. The van der Waals surface area contributed by atoms with Crippen molar-refractivity contribution in [3.05, 3.63) is 64.7 Å². The third kappa shape index (κ3) is 4.64. The van der Waals surface area contributed by atoms with Crippen LogP contribution in [0.25, 0.3) is 11.3 Å². The zero-order valence-electron chi connectivity index (χ0n) is 13.9. The lowest BCUT2D eigenvalue weighted by Crippen LogP contribution is -2.24. The molecule has 0 spiro atoms. The van der Waals surface area contributed by atoms with Crippen LogP contribution < -0.4 is 10.1 Å². The first kappa shape index (κ1) is 17.1. The van der Waals surface area contributed by atoms with Crippen LogP contribution in [-0.4, -0.2) is 23.0 Å². The average Bonchev–Trinajstić information content (AvgIpc) is 3.20. The Hall–Kier alpha value is -2.73. The van der Waals surface area contributed by atoms with E-state index in [4.69, 9.17) is 4.74 Å². The molecule has 5 nitrogen and oxygen atoms in total. The second kappa shape index (κ2) is 8.39. The van der Waals surface area contributed by atoms with E-state index in [1.165, 1.54) is 0 Å². The summed E-state index contributed by atoms with van der Waals surface area (Å²) in [7, 11) is 1.64. The number of nitrogens with zero attached hydrogens (tertiary/aromatic N) is 2. The Labute approximate surface area is 150 Å². The topological polar surface area (TPSA) is 64.1 Å². The first-order valence-electron chi connectivity index (χ1n) is 7.98. The van der Waals surface area contributed by atoms with E-state index in [1.807, 2.05) is 41.1 Å². The van der Waals surface area contributed by atoms with E-state index >= 15 is 0 Å². The maximum absolute atomic E-state index is 12.1. The van der Waals surface area contributed by atoms with Crippen LogP contribution in [0.15, 0.2) is 53.5 Å². The number of aromatic nitrogens is 2. The minimum absolute atomic E-state index is 0.00209. The van der Waals surface area contributed by atoms with Gasteiger partial charge in [-0.1, -0.05) is 12.1 Å². The van der Waals surface area contributed by atoms with Crippen molar-refractivity contribution in [2.45, 2.75) is 19.4 Å². The largest absolute Gasteiger partial charge is 0.497 e.